The second kappa shape index (κ2) is 7.65. The van der Waals surface area contributed by atoms with Gasteiger partial charge in [0.05, 0.1) is 11.9 Å². The van der Waals surface area contributed by atoms with Gasteiger partial charge in [0.2, 0.25) is 5.91 Å². The summed E-state index contributed by atoms with van der Waals surface area (Å²) in [7, 11) is 0. The lowest BCUT2D eigenvalue weighted by Gasteiger charge is -2.26. The summed E-state index contributed by atoms with van der Waals surface area (Å²) in [5, 5.41) is 13.1. The number of amides is 1. The van der Waals surface area contributed by atoms with E-state index in [2.05, 4.69) is 23.5 Å². The van der Waals surface area contributed by atoms with Crippen molar-refractivity contribution in [2.45, 2.75) is 37.8 Å². The van der Waals surface area contributed by atoms with Crippen molar-refractivity contribution in [3.8, 4) is 0 Å². The second-order valence-electron chi connectivity index (χ2n) is 5.05. The predicted molar refractivity (Wildman–Crippen MR) is 79.1 cm³/mol. The quantitative estimate of drug-likeness (QED) is 0.677. The molecule has 0 radical (unpaired) electrons. The summed E-state index contributed by atoms with van der Waals surface area (Å²) >= 11 is 0. The van der Waals surface area contributed by atoms with Crippen molar-refractivity contribution in [1.29, 1.82) is 0 Å². The van der Waals surface area contributed by atoms with E-state index in [-0.39, 0.29) is 18.5 Å². The van der Waals surface area contributed by atoms with Crippen molar-refractivity contribution >= 4 is 5.91 Å². The average molecular weight is 277 g/mol. The van der Waals surface area contributed by atoms with E-state index in [1.807, 2.05) is 17.7 Å². The van der Waals surface area contributed by atoms with Crippen LogP contribution in [0.4, 0.5) is 0 Å². The highest BCUT2D eigenvalue weighted by Crippen LogP contribution is 2.16. The molecule has 1 heterocycles. The molecular formula is C15H23N3O2. The lowest BCUT2D eigenvalue weighted by Crippen LogP contribution is -2.42. The van der Waals surface area contributed by atoms with E-state index in [9.17, 15) is 9.90 Å². The number of aliphatic hydroxyl groups is 1. The van der Waals surface area contributed by atoms with Gasteiger partial charge in [-0.15, -0.1) is 13.2 Å². The minimum Gasteiger partial charge on any atom is -0.387 e. The molecule has 1 aromatic heterocycles. The maximum Gasteiger partial charge on any atom is 0.222 e. The number of carbonyl (C=O) groups excluding carboxylic acids is 1. The molecule has 1 amide bonds. The van der Waals surface area contributed by atoms with Crippen LogP contribution in [0.3, 0.4) is 0 Å². The molecule has 5 heteroatoms. The molecule has 1 rings (SSSR count). The zero-order chi connectivity index (χ0) is 15.0. The molecule has 20 heavy (non-hydrogen) atoms. The molecule has 0 fully saturated rings. The third-order valence-electron chi connectivity index (χ3n) is 3.18. The van der Waals surface area contributed by atoms with Gasteiger partial charge in [0, 0.05) is 31.4 Å². The van der Waals surface area contributed by atoms with Crippen LogP contribution in [0.1, 0.15) is 32.2 Å². The molecule has 0 aliphatic rings. The molecule has 110 valence electrons. The van der Waals surface area contributed by atoms with Crippen molar-refractivity contribution in [3.05, 3.63) is 44.0 Å². The van der Waals surface area contributed by atoms with Gasteiger partial charge in [-0.3, -0.25) is 4.79 Å². The number of imidazole rings is 1. The molecule has 1 atom stereocenters. The standard InChI is InChI=1S/C15H23N3O2/c1-4-6-15(20,7-5-2)11-17-14(19)10-13(3)18-9-8-16-12-18/h4-5,8-9,12-13,20H,1-2,6-7,10-11H2,3H3,(H,17,19). The minimum atomic E-state index is -1.00. The Hall–Kier alpha value is -1.88. The van der Waals surface area contributed by atoms with Crippen LogP contribution in [-0.2, 0) is 4.79 Å². The van der Waals surface area contributed by atoms with Gasteiger partial charge in [0.1, 0.15) is 0 Å². The van der Waals surface area contributed by atoms with Crippen LogP contribution in [0, 0.1) is 0 Å². The van der Waals surface area contributed by atoms with E-state index < -0.39 is 5.60 Å². The van der Waals surface area contributed by atoms with E-state index in [0.29, 0.717) is 19.3 Å². The summed E-state index contributed by atoms with van der Waals surface area (Å²) in [6.45, 7) is 9.38. The zero-order valence-electron chi connectivity index (χ0n) is 12.0. The maximum atomic E-state index is 11.9. The first-order valence-corrected chi connectivity index (χ1v) is 6.69. The fourth-order valence-corrected chi connectivity index (χ4v) is 2.00. The monoisotopic (exact) mass is 277 g/mol. The summed E-state index contributed by atoms with van der Waals surface area (Å²) < 4.78 is 1.87. The Morgan fingerprint density at radius 1 is 1.50 bits per heavy atom. The Labute approximate surface area is 120 Å². The van der Waals surface area contributed by atoms with E-state index in [4.69, 9.17) is 0 Å². The van der Waals surface area contributed by atoms with Gasteiger partial charge in [0.25, 0.3) is 0 Å². The molecule has 0 aliphatic heterocycles. The predicted octanol–water partition coefficient (Wildman–Crippen LogP) is 1.83. The first-order chi connectivity index (χ1) is 9.50. The summed E-state index contributed by atoms with van der Waals surface area (Å²) in [6, 6.07) is 0.0319. The smallest absolute Gasteiger partial charge is 0.222 e. The number of aromatic nitrogens is 2. The van der Waals surface area contributed by atoms with Crippen LogP contribution < -0.4 is 5.32 Å². The molecular weight excluding hydrogens is 254 g/mol. The Balaban J connectivity index is 2.45. The number of hydrogen-bond acceptors (Lipinski definition) is 3. The topological polar surface area (TPSA) is 67.2 Å². The zero-order valence-corrected chi connectivity index (χ0v) is 12.0. The first kappa shape index (κ1) is 16.2. The van der Waals surface area contributed by atoms with Crippen molar-refractivity contribution in [3.63, 3.8) is 0 Å². The van der Waals surface area contributed by atoms with Crippen LogP contribution >= 0.6 is 0 Å². The Morgan fingerprint density at radius 3 is 2.65 bits per heavy atom. The highest BCUT2D eigenvalue weighted by atomic mass is 16.3. The van der Waals surface area contributed by atoms with Gasteiger partial charge >= 0.3 is 0 Å². The SMILES string of the molecule is C=CCC(O)(CC=C)CNC(=O)CC(C)n1ccnc1. The summed E-state index contributed by atoms with van der Waals surface area (Å²) in [6.07, 6.45) is 9.64. The van der Waals surface area contributed by atoms with Crippen LogP contribution in [0.5, 0.6) is 0 Å². The van der Waals surface area contributed by atoms with Gasteiger partial charge < -0.3 is 15.0 Å². The van der Waals surface area contributed by atoms with E-state index in [0.717, 1.165) is 0 Å². The van der Waals surface area contributed by atoms with Crippen LogP contribution in [-0.4, -0.2) is 32.7 Å². The fraction of sp³-hybridized carbons (Fsp3) is 0.467. The second-order valence-corrected chi connectivity index (χ2v) is 5.05. The molecule has 0 saturated carbocycles. The highest BCUT2D eigenvalue weighted by molar-refractivity contribution is 5.76. The molecule has 0 spiro atoms. The maximum absolute atomic E-state index is 11.9. The Bertz CT molecular complexity index is 430. The van der Waals surface area contributed by atoms with Gasteiger partial charge in [-0.05, 0) is 19.8 Å². The lowest BCUT2D eigenvalue weighted by atomic mass is 9.95. The van der Waals surface area contributed by atoms with Crippen LogP contribution in [0.15, 0.2) is 44.0 Å². The first-order valence-electron chi connectivity index (χ1n) is 6.69. The van der Waals surface area contributed by atoms with Gasteiger partial charge in [-0.2, -0.15) is 0 Å². The molecule has 0 bridgehead atoms. The van der Waals surface area contributed by atoms with Crippen molar-refractivity contribution in [2.24, 2.45) is 0 Å². The largest absolute Gasteiger partial charge is 0.387 e. The van der Waals surface area contributed by atoms with Crippen molar-refractivity contribution < 1.29 is 9.90 Å². The minimum absolute atomic E-state index is 0.0319. The van der Waals surface area contributed by atoms with E-state index in [1.165, 1.54) is 0 Å². The van der Waals surface area contributed by atoms with Crippen molar-refractivity contribution in [1.82, 2.24) is 14.9 Å². The van der Waals surface area contributed by atoms with Gasteiger partial charge in [-0.25, -0.2) is 4.98 Å². The average Bonchev–Trinajstić information content (AvgIpc) is 2.91. The Morgan fingerprint density at radius 2 is 2.15 bits per heavy atom. The number of hydrogen-bond donors (Lipinski definition) is 2. The van der Waals surface area contributed by atoms with Crippen LogP contribution in [0.25, 0.3) is 0 Å². The molecule has 2 N–H and O–H groups in total. The van der Waals surface area contributed by atoms with E-state index in [1.54, 1.807) is 24.7 Å². The molecule has 0 aromatic carbocycles. The normalized spacial score (nSPS) is 12.7. The van der Waals surface area contributed by atoms with Crippen LogP contribution in [0.2, 0.25) is 0 Å². The molecule has 1 aromatic rings. The van der Waals surface area contributed by atoms with Gasteiger partial charge in [0.15, 0.2) is 0 Å². The third kappa shape index (κ3) is 5.01. The van der Waals surface area contributed by atoms with E-state index >= 15 is 0 Å². The third-order valence-corrected chi connectivity index (χ3v) is 3.18. The number of carbonyl (C=O) groups is 1. The fourth-order valence-electron chi connectivity index (χ4n) is 2.00. The number of nitrogens with one attached hydrogen (secondary N) is 1. The molecule has 0 saturated heterocycles. The number of rotatable bonds is 9. The highest BCUT2D eigenvalue weighted by Gasteiger charge is 2.24. The lowest BCUT2D eigenvalue weighted by molar-refractivity contribution is -0.123. The van der Waals surface area contributed by atoms with Crippen molar-refractivity contribution in [2.75, 3.05) is 6.54 Å². The molecule has 5 nitrogen and oxygen atoms in total. The van der Waals surface area contributed by atoms with Gasteiger partial charge in [-0.1, -0.05) is 12.2 Å². The number of nitrogens with zero attached hydrogens (tertiary/aromatic N) is 2. The Kier molecular flexibility index (Phi) is 6.18. The molecule has 1 unspecified atom stereocenters. The summed E-state index contributed by atoms with van der Waals surface area (Å²) in [5.41, 5.74) is -1.00. The summed E-state index contributed by atoms with van der Waals surface area (Å²) in [5.74, 6) is -0.0993. The summed E-state index contributed by atoms with van der Waals surface area (Å²) in [4.78, 5) is 15.8. The molecule has 0 aliphatic carbocycles.